The van der Waals surface area contributed by atoms with E-state index in [0.717, 1.165) is 78.4 Å². The number of nitrogens with zero attached hydrogens (tertiary/aromatic N) is 6. The summed E-state index contributed by atoms with van der Waals surface area (Å²) in [5.74, 6) is -1.95. The number of carbonyl (C=O) groups is 4. The molecule has 1 saturated carbocycles. The molecule has 0 spiro atoms. The van der Waals surface area contributed by atoms with Crippen LogP contribution >= 0.6 is 0 Å². The van der Waals surface area contributed by atoms with Crippen LogP contribution in [0.2, 0.25) is 0 Å². The second-order valence-electron chi connectivity index (χ2n) is 22.8. The van der Waals surface area contributed by atoms with Gasteiger partial charge in [-0.1, -0.05) is 0 Å². The van der Waals surface area contributed by atoms with Gasteiger partial charge in [0.15, 0.2) is 0 Å². The van der Waals surface area contributed by atoms with E-state index in [1.165, 1.54) is 7.94 Å². The Balaban J connectivity index is 0.778. The molecule has 7 aliphatic rings. The van der Waals surface area contributed by atoms with Crippen LogP contribution in [0.5, 0.6) is 0 Å². The number of nitrogens with one attached hydrogen (secondary N) is 1. The number of carboxylic acid groups (broad SMARTS) is 1. The van der Waals surface area contributed by atoms with E-state index in [2.05, 4.69) is 22.0 Å². The number of fused-ring (bicyclic) bond motifs is 6. The maximum Gasteiger partial charge on any atom is 0.308 e. The van der Waals surface area contributed by atoms with Crippen molar-refractivity contribution in [2.45, 2.75) is 135 Å². The van der Waals surface area contributed by atoms with Gasteiger partial charge in [-0.3, -0.25) is 29.0 Å². The van der Waals surface area contributed by atoms with Crippen LogP contribution in [-0.2, 0) is 65.0 Å². The van der Waals surface area contributed by atoms with Gasteiger partial charge in [0.1, 0.15) is 0 Å². The number of benzene rings is 2. The first-order valence-electron chi connectivity index (χ1n) is 28.1. The molecule has 6 atom stereocenters. The van der Waals surface area contributed by atoms with Crippen molar-refractivity contribution in [3.05, 3.63) is 70.0 Å². The summed E-state index contributed by atoms with van der Waals surface area (Å²) in [5, 5.41) is 14.6. The van der Waals surface area contributed by atoms with E-state index in [0.29, 0.717) is 132 Å². The minimum absolute atomic E-state index is 0.0319. The number of carbonyl (C=O) groups excluding carboxylic acids is 3. The first kappa shape index (κ1) is 53.2. The quantitative estimate of drug-likeness (QED) is 0.161. The topological polar surface area (TPSA) is 210 Å². The van der Waals surface area contributed by atoms with Gasteiger partial charge in [-0.15, -0.1) is 0 Å². The lowest BCUT2D eigenvalue weighted by atomic mass is 9.90. The molecule has 4 aromatic rings. The maximum atomic E-state index is 14.4. The molecular weight excluding hydrogens is 1010 g/mol. The number of aromatic nitrogens is 2. The molecule has 4 saturated heterocycles. The van der Waals surface area contributed by atoms with Crippen LogP contribution in [0.3, 0.4) is 0 Å². The monoisotopic (exact) mass is 1090 g/mol. The van der Waals surface area contributed by atoms with Crippen molar-refractivity contribution in [2.24, 2.45) is 23.7 Å². The van der Waals surface area contributed by atoms with E-state index < -0.39 is 31.9 Å². The van der Waals surface area contributed by atoms with Crippen LogP contribution in [0, 0.1) is 23.7 Å². The molecule has 3 unspecified atom stereocenters. The van der Waals surface area contributed by atoms with E-state index in [-0.39, 0.29) is 65.7 Å². The number of piperidine rings is 2. The minimum Gasteiger partial charge on any atom is -0.481 e. The number of ether oxygens (including phenoxy) is 2. The lowest BCUT2D eigenvalue weighted by Crippen LogP contribution is -2.49. The third-order valence-electron chi connectivity index (χ3n) is 18.4. The molecular formula is C56H75N7O11S2. The molecule has 18 nitrogen and oxygen atoms in total. The molecule has 20 heteroatoms. The minimum atomic E-state index is -3.75. The van der Waals surface area contributed by atoms with E-state index in [9.17, 15) is 41.1 Å². The van der Waals surface area contributed by atoms with Crippen LogP contribution in [0.4, 0.5) is 0 Å². The fourth-order valence-electron chi connectivity index (χ4n) is 14.0. The maximum absolute atomic E-state index is 14.4. The standard InChI is InChI=1S/C56H75N7O11S2/c1-4-75(69,70)62-49-12-10-36(27-45(49)47-33-58(21-14-51(47)62)41-15-22-73-23-16-41)54(65)59-19-6-8-38(31-59)53(64)57-35(3)44-29-40(44)26-43-30-52-48(34-61(43)42-17-24-74-25-18-42)46-28-37(11-13-50(46)63(52)76(71,72)5-2)55(66)60-20-7-9-39(32-60)56(67)68/h10-13,27-28,35,38-44H,4-9,14-26,29-34H2,1-3H3,(H,57,64)(H,67,68)/t35?,38-,39-,40?,43?,44+/m0/s1. The van der Waals surface area contributed by atoms with E-state index in [1.807, 2.05) is 12.1 Å². The number of carboxylic acids is 1. The molecule has 76 heavy (non-hydrogen) atoms. The van der Waals surface area contributed by atoms with Gasteiger partial charge in [0.05, 0.1) is 34.4 Å². The van der Waals surface area contributed by atoms with E-state index in [4.69, 9.17) is 9.47 Å². The molecule has 1 aliphatic carbocycles. The summed E-state index contributed by atoms with van der Waals surface area (Å²) >= 11 is 0. The van der Waals surface area contributed by atoms with Gasteiger partial charge in [-0.05, 0) is 144 Å². The Kier molecular flexibility index (Phi) is 15.0. The fraction of sp³-hybridized carbons (Fsp3) is 0.643. The largest absolute Gasteiger partial charge is 0.481 e. The summed E-state index contributed by atoms with van der Waals surface area (Å²) in [4.78, 5) is 62.7. The highest BCUT2D eigenvalue weighted by Crippen LogP contribution is 2.48. The highest BCUT2D eigenvalue weighted by atomic mass is 32.2. The molecule has 0 bridgehead atoms. The van der Waals surface area contributed by atoms with E-state index >= 15 is 0 Å². The normalized spacial score (nSPS) is 25.8. The molecule has 6 aliphatic heterocycles. The summed E-state index contributed by atoms with van der Waals surface area (Å²) in [6.07, 6.45) is 8.94. The van der Waals surface area contributed by atoms with Crippen molar-refractivity contribution < 1.29 is 50.6 Å². The Morgan fingerprint density at radius 1 is 0.697 bits per heavy atom. The van der Waals surface area contributed by atoms with Crippen LogP contribution in [0.1, 0.15) is 128 Å². The summed E-state index contributed by atoms with van der Waals surface area (Å²) in [5.41, 5.74) is 5.52. The molecule has 8 heterocycles. The number of amides is 3. The second kappa shape index (κ2) is 21.4. The lowest BCUT2D eigenvalue weighted by molar-refractivity contribution is -0.143. The van der Waals surface area contributed by atoms with Crippen molar-refractivity contribution in [2.75, 3.05) is 70.7 Å². The molecule has 0 radical (unpaired) electrons. The summed E-state index contributed by atoms with van der Waals surface area (Å²) in [6, 6.07) is 11.2. The Labute approximate surface area is 446 Å². The van der Waals surface area contributed by atoms with Gasteiger partial charge >= 0.3 is 5.97 Å². The molecule has 2 N–H and O–H groups in total. The predicted octanol–water partition coefficient (Wildman–Crippen LogP) is 5.45. The number of hydrogen-bond acceptors (Lipinski definition) is 12. The molecule has 2 aromatic heterocycles. The van der Waals surface area contributed by atoms with Gasteiger partial charge in [0.25, 0.3) is 11.8 Å². The zero-order valence-electron chi connectivity index (χ0n) is 44.3. The molecule has 5 fully saturated rings. The van der Waals surface area contributed by atoms with Crippen molar-refractivity contribution in [1.29, 1.82) is 0 Å². The lowest BCUT2D eigenvalue weighted by Gasteiger charge is -2.43. The Morgan fingerprint density at radius 3 is 1.82 bits per heavy atom. The average molecular weight is 1090 g/mol. The Hall–Kier alpha value is -4.86. The summed E-state index contributed by atoms with van der Waals surface area (Å²) in [6.45, 7) is 11.4. The zero-order chi connectivity index (χ0) is 53.2. The second-order valence-corrected chi connectivity index (χ2v) is 27.0. The van der Waals surface area contributed by atoms with Crippen LogP contribution < -0.4 is 5.32 Å². The highest BCUT2D eigenvalue weighted by molar-refractivity contribution is 7.90. The van der Waals surface area contributed by atoms with Gasteiger partial charge in [-0.25, -0.2) is 24.8 Å². The fourth-order valence-corrected chi connectivity index (χ4v) is 16.5. The summed E-state index contributed by atoms with van der Waals surface area (Å²) in [7, 11) is -7.36. The smallest absolute Gasteiger partial charge is 0.308 e. The third kappa shape index (κ3) is 10.1. The molecule has 11 rings (SSSR count). The number of likely N-dealkylation sites (tertiary alicyclic amines) is 2. The van der Waals surface area contributed by atoms with Crippen molar-refractivity contribution in [1.82, 2.24) is 32.9 Å². The molecule has 2 aromatic carbocycles. The summed E-state index contributed by atoms with van der Waals surface area (Å²) < 4.78 is 69.7. The number of hydrogen-bond donors (Lipinski definition) is 2. The first-order valence-corrected chi connectivity index (χ1v) is 31.3. The predicted molar refractivity (Wildman–Crippen MR) is 287 cm³/mol. The number of aliphatic carboxylic acids is 1. The third-order valence-corrected chi connectivity index (χ3v) is 21.8. The van der Waals surface area contributed by atoms with Crippen LogP contribution in [0.25, 0.3) is 21.8 Å². The van der Waals surface area contributed by atoms with Gasteiger partial charge in [0.2, 0.25) is 26.0 Å². The van der Waals surface area contributed by atoms with Gasteiger partial charge < -0.3 is 29.7 Å². The van der Waals surface area contributed by atoms with Crippen molar-refractivity contribution in [3.8, 4) is 0 Å². The highest BCUT2D eigenvalue weighted by Gasteiger charge is 2.47. The Bertz CT molecular complexity index is 3140. The van der Waals surface area contributed by atoms with Crippen molar-refractivity contribution >= 4 is 65.5 Å². The average Bonchev–Trinajstić information content (AvgIpc) is 4.04. The van der Waals surface area contributed by atoms with Crippen LogP contribution in [-0.4, -0.2) is 168 Å². The zero-order valence-corrected chi connectivity index (χ0v) is 45.9. The SMILES string of the molecule is CCS(=O)(=O)n1c2c(c3cc(C(=O)N4CCC[C@H](C(=O)NC(C)[C@H]5CC5CC5Cc6c(c7cc(C(=O)N8CCC[C@H](C(=O)O)C8)ccc7n6S(=O)(=O)CC)CN5C5CCOCC5)C4)ccc31)CN(C1CCOCC1)CC2. The van der Waals surface area contributed by atoms with E-state index in [1.54, 1.807) is 47.9 Å². The van der Waals surface area contributed by atoms with Gasteiger partial charge in [0, 0.05) is 143 Å². The molecule has 412 valence electrons. The Morgan fingerprint density at radius 2 is 1.24 bits per heavy atom. The van der Waals surface area contributed by atoms with Crippen LogP contribution in [0.15, 0.2) is 36.4 Å². The first-order chi connectivity index (χ1) is 36.5. The number of rotatable bonds is 14. The van der Waals surface area contributed by atoms with Crippen molar-refractivity contribution in [3.63, 3.8) is 0 Å². The van der Waals surface area contributed by atoms with Gasteiger partial charge in [-0.2, -0.15) is 0 Å². The molecule has 3 amide bonds.